The second-order valence-electron chi connectivity index (χ2n) is 8.07. The van der Waals surface area contributed by atoms with E-state index < -0.39 is 0 Å². The lowest BCUT2D eigenvalue weighted by molar-refractivity contribution is 0.379. The molecule has 1 aliphatic carbocycles. The molecular formula is C24H25BrFNO2. The van der Waals surface area contributed by atoms with Crippen LogP contribution in [0.5, 0.6) is 0 Å². The van der Waals surface area contributed by atoms with Crippen molar-refractivity contribution < 1.29 is 8.81 Å². The molecule has 0 aliphatic heterocycles. The monoisotopic (exact) mass is 457 g/mol. The van der Waals surface area contributed by atoms with Crippen LogP contribution in [0.25, 0.3) is 11.0 Å². The highest BCUT2D eigenvalue weighted by atomic mass is 79.9. The highest BCUT2D eigenvalue weighted by molar-refractivity contribution is 9.10. The lowest BCUT2D eigenvalue weighted by atomic mass is 9.87. The SMILES string of the molecule is Cc1cc(C(C)Nc2ccc(F)cc2Br)c2oc(C3CCCCC3)cc(=O)c2c1. The van der Waals surface area contributed by atoms with Crippen molar-refractivity contribution in [2.45, 2.75) is 57.9 Å². The first-order valence-electron chi connectivity index (χ1n) is 10.2. The smallest absolute Gasteiger partial charge is 0.192 e. The van der Waals surface area contributed by atoms with Crippen molar-refractivity contribution in [3.8, 4) is 0 Å². The molecule has 1 atom stereocenters. The Morgan fingerprint density at radius 3 is 2.62 bits per heavy atom. The van der Waals surface area contributed by atoms with Gasteiger partial charge in [0, 0.05) is 27.7 Å². The van der Waals surface area contributed by atoms with Gasteiger partial charge in [-0.2, -0.15) is 0 Å². The van der Waals surface area contributed by atoms with E-state index in [-0.39, 0.29) is 17.3 Å². The molecule has 29 heavy (non-hydrogen) atoms. The Labute approximate surface area is 178 Å². The summed E-state index contributed by atoms with van der Waals surface area (Å²) >= 11 is 3.41. The molecule has 4 rings (SSSR count). The van der Waals surface area contributed by atoms with Crippen LogP contribution in [0.15, 0.2) is 50.1 Å². The summed E-state index contributed by atoms with van der Waals surface area (Å²) in [6.45, 7) is 4.01. The van der Waals surface area contributed by atoms with Crippen LogP contribution < -0.4 is 10.7 Å². The normalized spacial score (nSPS) is 16.1. The summed E-state index contributed by atoms with van der Waals surface area (Å²) in [5.41, 5.74) is 3.41. The second-order valence-corrected chi connectivity index (χ2v) is 8.92. The van der Waals surface area contributed by atoms with Gasteiger partial charge < -0.3 is 9.73 Å². The summed E-state index contributed by atoms with van der Waals surface area (Å²) in [6.07, 6.45) is 5.78. The highest BCUT2D eigenvalue weighted by Crippen LogP contribution is 2.35. The Morgan fingerprint density at radius 2 is 1.90 bits per heavy atom. The van der Waals surface area contributed by atoms with Crippen LogP contribution in [-0.4, -0.2) is 0 Å². The first-order valence-corrected chi connectivity index (χ1v) is 11.0. The van der Waals surface area contributed by atoms with E-state index >= 15 is 0 Å². The molecule has 2 aromatic carbocycles. The molecular weight excluding hydrogens is 433 g/mol. The molecule has 0 spiro atoms. The molecule has 1 aliphatic rings. The molecule has 0 amide bonds. The molecule has 1 aromatic heterocycles. The number of rotatable bonds is 4. The molecule has 3 nitrogen and oxygen atoms in total. The van der Waals surface area contributed by atoms with Crippen LogP contribution in [0.2, 0.25) is 0 Å². The largest absolute Gasteiger partial charge is 0.460 e. The minimum Gasteiger partial charge on any atom is -0.460 e. The Hall–Kier alpha value is -2.14. The fraction of sp³-hybridized carbons (Fsp3) is 0.375. The maximum atomic E-state index is 13.4. The van der Waals surface area contributed by atoms with E-state index in [9.17, 15) is 9.18 Å². The number of benzene rings is 2. The van der Waals surface area contributed by atoms with E-state index in [0.717, 1.165) is 35.4 Å². The quantitative estimate of drug-likeness (QED) is 0.449. The zero-order valence-electron chi connectivity index (χ0n) is 16.7. The fourth-order valence-electron chi connectivity index (χ4n) is 4.28. The van der Waals surface area contributed by atoms with Crippen LogP contribution >= 0.6 is 15.9 Å². The molecule has 1 fully saturated rings. The molecule has 1 unspecified atom stereocenters. The third-order valence-corrected chi connectivity index (χ3v) is 6.45. The molecule has 0 saturated heterocycles. The first kappa shape index (κ1) is 20.1. The van der Waals surface area contributed by atoms with Gasteiger partial charge in [0.05, 0.1) is 11.4 Å². The van der Waals surface area contributed by atoms with E-state index in [1.165, 1.54) is 31.4 Å². The molecule has 1 heterocycles. The van der Waals surface area contributed by atoms with Crippen LogP contribution in [0, 0.1) is 12.7 Å². The average molecular weight is 458 g/mol. The molecule has 0 bridgehead atoms. The Kier molecular flexibility index (Phi) is 5.77. The van der Waals surface area contributed by atoms with Crippen molar-refractivity contribution in [3.05, 3.63) is 73.8 Å². The summed E-state index contributed by atoms with van der Waals surface area (Å²) in [7, 11) is 0. The van der Waals surface area contributed by atoms with E-state index in [1.54, 1.807) is 12.1 Å². The zero-order chi connectivity index (χ0) is 20.5. The van der Waals surface area contributed by atoms with Crippen LogP contribution in [0.1, 0.15) is 67.9 Å². The second kappa shape index (κ2) is 8.31. The van der Waals surface area contributed by atoms with Gasteiger partial charge in [-0.1, -0.05) is 25.3 Å². The van der Waals surface area contributed by atoms with Crippen LogP contribution in [-0.2, 0) is 0 Å². The van der Waals surface area contributed by atoms with Gasteiger partial charge in [0.15, 0.2) is 5.43 Å². The molecule has 152 valence electrons. The van der Waals surface area contributed by atoms with Gasteiger partial charge in [-0.05, 0) is 72.4 Å². The molecule has 1 N–H and O–H groups in total. The topological polar surface area (TPSA) is 42.2 Å². The standard InChI is InChI=1S/C24H25BrFNO2/c1-14-10-18(15(2)27-21-9-8-17(26)12-20(21)25)24-19(11-14)22(28)13-23(29-24)16-6-4-3-5-7-16/h8-13,15-16,27H,3-7H2,1-2H3. The van der Waals surface area contributed by atoms with Crippen molar-refractivity contribution in [2.24, 2.45) is 0 Å². The van der Waals surface area contributed by atoms with Crippen molar-refractivity contribution in [1.82, 2.24) is 0 Å². The van der Waals surface area contributed by atoms with Crippen molar-refractivity contribution in [3.63, 3.8) is 0 Å². The minimum atomic E-state index is -0.292. The summed E-state index contributed by atoms with van der Waals surface area (Å²) in [4.78, 5) is 12.9. The molecule has 5 heteroatoms. The molecule has 0 radical (unpaired) electrons. The number of nitrogens with one attached hydrogen (secondary N) is 1. The van der Waals surface area contributed by atoms with Gasteiger partial charge in [0.25, 0.3) is 0 Å². The maximum absolute atomic E-state index is 13.4. The highest BCUT2D eigenvalue weighted by Gasteiger charge is 2.21. The van der Waals surface area contributed by atoms with E-state index in [2.05, 4.69) is 27.3 Å². The maximum Gasteiger partial charge on any atom is 0.192 e. The van der Waals surface area contributed by atoms with Crippen molar-refractivity contribution in [1.29, 1.82) is 0 Å². The van der Waals surface area contributed by atoms with Gasteiger partial charge >= 0.3 is 0 Å². The Morgan fingerprint density at radius 1 is 1.14 bits per heavy atom. The molecule has 1 saturated carbocycles. The van der Waals surface area contributed by atoms with E-state index in [1.807, 2.05) is 19.9 Å². The lowest BCUT2D eigenvalue weighted by Crippen LogP contribution is -2.13. The van der Waals surface area contributed by atoms with Gasteiger partial charge in [0.2, 0.25) is 0 Å². The van der Waals surface area contributed by atoms with Gasteiger partial charge in [-0.3, -0.25) is 4.79 Å². The fourth-order valence-corrected chi connectivity index (χ4v) is 4.75. The van der Waals surface area contributed by atoms with E-state index in [4.69, 9.17) is 4.42 Å². The summed E-state index contributed by atoms with van der Waals surface area (Å²) in [5, 5.41) is 4.03. The first-order chi connectivity index (χ1) is 13.9. The number of halogens is 2. The van der Waals surface area contributed by atoms with E-state index in [0.29, 0.717) is 21.4 Å². The number of aryl methyl sites for hydroxylation is 1. The average Bonchev–Trinajstić information content (AvgIpc) is 2.70. The number of hydrogen-bond donors (Lipinski definition) is 1. The van der Waals surface area contributed by atoms with Gasteiger partial charge in [-0.15, -0.1) is 0 Å². The number of hydrogen-bond acceptors (Lipinski definition) is 3. The molecule has 3 aromatic rings. The summed E-state index contributed by atoms with van der Waals surface area (Å²) in [5.74, 6) is 0.839. The number of anilines is 1. The Bertz CT molecular complexity index is 1100. The predicted molar refractivity (Wildman–Crippen MR) is 119 cm³/mol. The third kappa shape index (κ3) is 4.25. The summed E-state index contributed by atoms with van der Waals surface area (Å²) in [6, 6.07) is 10.1. The van der Waals surface area contributed by atoms with Gasteiger partial charge in [0.1, 0.15) is 17.2 Å². The third-order valence-electron chi connectivity index (χ3n) is 5.80. The van der Waals surface area contributed by atoms with Crippen molar-refractivity contribution >= 4 is 32.6 Å². The van der Waals surface area contributed by atoms with Crippen LogP contribution in [0.3, 0.4) is 0 Å². The van der Waals surface area contributed by atoms with Gasteiger partial charge in [-0.25, -0.2) is 4.39 Å². The van der Waals surface area contributed by atoms with Crippen LogP contribution in [0.4, 0.5) is 10.1 Å². The Balaban J connectivity index is 1.77. The zero-order valence-corrected chi connectivity index (χ0v) is 18.3. The predicted octanol–water partition coefficient (Wildman–Crippen LogP) is 7.22. The summed E-state index contributed by atoms with van der Waals surface area (Å²) < 4.78 is 20.4. The minimum absolute atomic E-state index is 0.0203. The number of fused-ring (bicyclic) bond motifs is 1. The lowest BCUT2D eigenvalue weighted by Gasteiger charge is -2.22. The van der Waals surface area contributed by atoms with Crippen molar-refractivity contribution in [2.75, 3.05) is 5.32 Å².